The lowest BCUT2D eigenvalue weighted by atomic mass is 10.3. The number of aromatic nitrogens is 3. The molecule has 0 aliphatic rings. The standard InChI is InChI=1S/C14H13N3O3/c1-3-16-10(14(19)20)7-9-12(16)15-11-6-4-5-8(2)17(11)13(9)18/h4-7H,3H2,1-2H3,(H,19,20). The molecule has 0 saturated heterocycles. The van der Waals surface area contributed by atoms with Crippen molar-refractivity contribution in [2.24, 2.45) is 0 Å². The Labute approximate surface area is 113 Å². The van der Waals surface area contributed by atoms with Crippen LogP contribution in [-0.4, -0.2) is 25.0 Å². The minimum absolute atomic E-state index is 0.0839. The Balaban J connectivity index is 2.57. The van der Waals surface area contributed by atoms with Gasteiger partial charge in [-0.2, -0.15) is 0 Å². The topological polar surface area (TPSA) is 76.6 Å². The Hall–Kier alpha value is -2.63. The molecule has 0 radical (unpaired) electrons. The van der Waals surface area contributed by atoms with E-state index in [4.69, 9.17) is 0 Å². The van der Waals surface area contributed by atoms with Gasteiger partial charge in [-0.3, -0.25) is 9.20 Å². The van der Waals surface area contributed by atoms with Crippen molar-refractivity contribution in [1.29, 1.82) is 0 Å². The van der Waals surface area contributed by atoms with Crippen LogP contribution in [0.2, 0.25) is 0 Å². The third kappa shape index (κ3) is 1.54. The highest BCUT2D eigenvalue weighted by atomic mass is 16.4. The molecule has 6 nitrogen and oxygen atoms in total. The van der Waals surface area contributed by atoms with Crippen LogP contribution in [0, 0.1) is 6.92 Å². The molecule has 0 aliphatic carbocycles. The van der Waals surface area contributed by atoms with Crippen LogP contribution in [0.15, 0.2) is 29.1 Å². The van der Waals surface area contributed by atoms with Crippen molar-refractivity contribution >= 4 is 22.6 Å². The molecule has 3 rings (SSSR count). The van der Waals surface area contributed by atoms with E-state index in [9.17, 15) is 14.7 Å². The number of rotatable bonds is 2. The summed E-state index contributed by atoms with van der Waals surface area (Å²) in [6, 6.07) is 6.77. The molecule has 0 aromatic carbocycles. The predicted octanol–water partition coefficient (Wildman–Crippen LogP) is 1.68. The van der Waals surface area contributed by atoms with Crippen molar-refractivity contribution in [3.8, 4) is 0 Å². The zero-order valence-electron chi connectivity index (χ0n) is 11.1. The number of carbonyl (C=O) groups is 1. The normalized spacial score (nSPS) is 11.3. The van der Waals surface area contributed by atoms with Gasteiger partial charge in [0, 0.05) is 12.2 Å². The lowest BCUT2D eigenvalue weighted by Crippen LogP contribution is -2.17. The predicted molar refractivity (Wildman–Crippen MR) is 74.3 cm³/mol. The SMILES string of the molecule is CCn1c(C(=O)O)cc2c(=O)n3c(C)cccc3nc21. The molecule has 0 saturated carbocycles. The first-order chi connectivity index (χ1) is 9.54. The summed E-state index contributed by atoms with van der Waals surface area (Å²) in [7, 11) is 0. The van der Waals surface area contributed by atoms with Crippen LogP contribution in [0.1, 0.15) is 23.1 Å². The highest BCUT2D eigenvalue weighted by Crippen LogP contribution is 2.17. The van der Waals surface area contributed by atoms with E-state index in [0.717, 1.165) is 5.69 Å². The monoisotopic (exact) mass is 271 g/mol. The third-order valence-corrected chi connectivity index (χ3v) is 3.42. The second-order valence-electron chi connectivity index (χ2n) is 4.59. The van der Waals surface area contributed by atoms with Crippen molar-refractivity contribution in [2.75, 3.05) is 0 Å². The average Bonchev–Trinajstić information content (AvgIpc) is 2.78. The van der Waals surface area contributed by atoms with Crippen LogP contribution in [0.3, 0.4) is 0 Å². The molecule has 0 spiro atoms. The first-order valence-corrected chi connectivity index (χ1v) is 6.29. The van der Waals surface area contributed by atoms with Gasteiger partial charge < -0.3 is 9.67 Å². The van der Waals surface area contributed by atoms with Gasteiger partial charge in [-0.05, 0) is 32.0 Å². The van der Waals surface area contributed by atoms with Gasteiger partial charge in [0.05, 0.1) is 5.39 Å². The van der Waals surface area contributed by atoms with E-state index in [2.05, 4.69) is 4.98 Å². The molecule has 0 fully saturated rings. The molecule has 0 amide bonds. The second kappa shape index (κ2) is 4.19. The van der Waals surface area contributed by atoms with E-state index < -0.39 is 5.97 Å². The minimum Gasteiger partial charge on any atom is -0.477 e. The molecule has 6 heteroatoms. The highest BCUT2D eigenvalue weighted by Gasteiger charge is 2.18. The molecule has 0 aliphatic heterocycles. The maximum atomic E-state index is 12.5. The van der Waals surface area contributed by atoms with E-state index >= 15 is 0 Å². The summed E-state index contributed by atoms with van der Waals surface area (Å²) < 4.78 is 3.04. The lowest BCUT2D eigenvalue weighted by molar-refractivity contribution is 0.0686. The molecule has 3 aromatic rings. The van der Waals surface area contributed by atoms with Gasteiger partial charge in [-0.1, -0.05) is 6.07 Å². The Morgan fingerprint density at radius 2 is 2.15 bits per heavy atom. The first-order valence-electron chi connectivity index (χ1n) is 6.29. The second-order valence-corrected chi connectivity index (χ2v) is 4.59. The van der Waals surface area contributed by atoms with E-state index in [0.29, 0.717) is 23.2 Å². The summed E-state index contributed by atoms with van der Waals surface area (Å²) >= 11 is 0. The molecule has 3 aromatic heterocycles. The zero-order chi connectivity index (χ0) is 14.4. The number of hydrogen-bond donors (Lipinski definition) is 1. The Morgan fingerprint density at radius 3 is 2.80 bits per heavy atom. The van der Waals surface area contributed by atoms with Crippen LogP contribution < -0.4 is 5.56 Å². The van der Waals surface area contributed by atoms with Gasteiger partial charge in [0.15, 0.2) is 0 Å². The molecule has 0 unspecified atom stereocenters. The highest BCUT2D eigenvalue weighted by molar-refractivity contribution is 5.93. The van der Waals surface area contributed by atoms with E-state index in [1.165, 1.54) is 10.5 Å². The number of aromatic carboxylic acids is 1. The Morgan fingerprint density at radius 1 is 1.40 bits per heavy atom. The fourth-order valence-electron chi connectivity index (χ4n) is 2.50. The van der Waals surface area contributed by atoms with Gasteiger partial charge in [0.1, 0.15) is 17.0 Å². The maximum absolute atomic E-state index is 12.5. The molecule has 0 atom stereocenters. The van der Waals surface area contributed by atoms with E-state index in [-0.39, 0.29) is 11.3 Å². The van der Waals surface area contributed by atoms with Gasteiger partial charge in [0.25, 0.3) is 5.56 Å². The fourth-order valence-corrected chi connectivity index (χ4v) is 2.50. The van der Waals surface area contributed by atoms with E-state index in [1.54, 1.807) is 10.6 Å². The number of hydrogen-bond acceptors (Lipinski definition) is 3. The summed E-state index contributed by atoms with van der Waals surface area (Å²) in [5.74, 6) is -1.06. The van der Waals surface area contributed by atoms with Crippen molar-refractivity contribution in [3.05, 3.63) is 46.0 Å². The first kappa shape index (κ1) is 12.4. The third-order valence-electron chi connectivity index (χ3n) is 3.42. The van der Waals surface area contributed by atoms with Crippen LogP contribution in [0.4, 0.5) is 0 Å². The van der Waals surface area contributed by atoms with Crippen LogP contribution in [0.25, 0.3) is 16.7 Å². The maximum Gasteiger partial charge on any atom is 0.352 e. The fraction of sp³-hybridized carbons (Fsp3) is 0.214. The van der Waals surface area contributed by atoms with Gasteiger partial charge >= 0.3 is 5.97 Å². The number of aryl methyl sites for hydroxylation is 2. The van der Waals surface area contributed by atoms with Crippen molar-refractivity contribution in [2.45, 2.75) is 20.4 Å². The van der Waals surface area contributed by atoms with Crippen molar-refractivity contribution in [1.82, 2.24) is 14.0 Å². The molecule has 1 N–H and O–H groups in total. The van der Waals surface area contributed by atoms with E-state index in [1.807, 2.05) is 26.0 Å². The summed E-state index contributed by atoms with van der Waals surface area (Å²) in [4.78, 5) is 28.2. The van der Waals surface area contributed by atoms with Crippen LogP contribution in [-0.2, 0) is 6.54 Å². The molecular formula is C14H13N3O3. The summed E-state index contributed by atoms with van der Waals surface area (Å²) in [6.45, 7) is 4.09. The summed E-state index contributed by atoms with van der Waals surface area (Å²) in [5.41, 5.74) is 1.55. The molecular weight excluding hydrogens is 258 g/mol. The quantitative estimate of drug-likeness (QED) is 0.769. The molecule has 102 valence electrons. The van der Waals surface area contributed by atoms with Gasteiger partial charge in [-0.25, -0.2) is 9.78 Å². The largest absolute Gasteiger partial charge is 0.477 e. The van der Waals surface area contributed by atoms with Crippen molar-refractivity contribution in [3.63, 3.8) is 0 Å². The molecule has 20 heavy (non-hydrogen) atoms. The number of carboxylic acid groups (broad SMARTS) is 1. The number of pyridine rings is 1. The molecule has 0 bridgehead atoms. The number of carboxylic acids is 1. The smallest absolute Gasteiger partial charge is 0.352 e. The van der Waals surface area contributed by atoms with Crippen LogP contribution in [0.5, 0.6) is 0 Å². The number of nitrogens with zero attached hydrogens (tertiary/aromatic N) is 3. The van der Waals surface area contributed by atoms with Gasteiger partial charge in [-0.15, -0.1) is 0 Å². The van der Waals surface area contributed by atoms with Gasteiger partial charge in [0.2, 0.25) is 0 Å². The average molecular weight is 271 g/mol. The lowest BCUT2D eigenvalue weighted by Gasteiger charge is -2.06. The summed E-state index contributed by atoms with van der Waals surface area (Å²) in [6.07, 6.45) is 0. The minimum atomic E-state index is -1.06. The summed E-state index contributed by atoms with van der Waals surface area (Å²) in [5, 5.41) is 9.55. The Kier molecular flexibility index (Phi) is 2.60. The van der Waals surface area contributed by atoms with Crippen molar-refractivity contribution < 1.29 is 9.90 Å². The molecule has 3 heterocycles. The number of fused-ring (bicyclic) bond motifs is 2. The Bertz CT molecular complexity index is 905. The van der Waals surface area contributed by atoms with Crippen LogP contribution >= 0.6 is 0 Å². The zero-order valence-corrected chi connectivity index (χ0v) is 11.1.